The Balaban J connectivity index is 1.59. The van der Waals surface area contributed by atoms with Gasteiger partial charge in [0.2, 0.25) is 10.0 Å². The Hall–Kier alpha value is -0.760. The molecule has 0 bridgehead atoms. The van der Waals surface area contributed by atoms with Crippen LogP contribution in [0.2, 0.25) is 0 Å². The molecule has 0 spiro atoms. The van der Waals surface area contributed by atoms with Crippen molar-refractivity contribution in [3.05, 3.63) is 24.3 Å². The van der Waals surface area contributed by atoms with Crippen LogP contribution >= 0.6 is 11.8 Å². The smallest absolute Gasteiger partial charge is 0.238 e. The van der Waals surface area contributed by atoms with Crippen LogP contribution in [0.5, 0.6) is 0 Å². The summed E-state index contributed by atoms with van der Waals surface area (Å²) in [5.41, 5.74) is 1.08. The normalized spacial score (nSPS) is 22.0. The van der Waals surface area contributed by atoms with Gasteiger partial charge in [-0.05, 0) is 37.1 Å². The van der Waals surface area contributed by atoms with E-state index in [9.17, 15) is 8.42 Å². The Labute approximate surface area is 136 Å². The van der Waals surface area contributed by atoms with Crippen LogP contribution in [0.4, 0.5) is 5.69 Å². The number of piperidine rings is 1. The molecule has 22 heavy (non-hydrogen) atoms. The number of hydrogen-bond acceptors (Lipinski definition) is 5. The molecule has 0 unspecified atom stereocenters. The highest BCUT2D eigenvalue weighted by Crippen LogP contribution is 2.25. The Bertz CT molecular complexity index is 590. The number of hydrogen-bond donors (Lipinski definition) is 1. The zero-order valence-electron chi connectivity index (χ0n) is 12.6. The lowest BCUT2D eigenvalue weighted by Gasteiger charge is -2.40. The van der Waals surface area contributed by atoms with Gasteiger partial charge in [-0.2, -0.15) is 11.8 Å². The number of nitrogens with zero attached hydrogens (tertiary/aromatic N) is 2. The molecule has 2 aliphatic heterocycles. The zero-order chi connectivity index (χ0) is 15.6. The molecule has 0 saturated carbocycles. The summed E-state index contributed by atoms with van der Waals surface area (Å²) in [6.45, 7) is 4.50. The van der Waals surface area contributed by atoms with Crippen LogP contribution in [0.1, 0.15) is 12.8 Å². The molecule has 2 saturated heterocycles. The van der Waals surface area contributed by atoms with Gasteiger partial charge in [-0.15, -0.1) is 0 Å². The lowest BCUT2D eigenvalue weighted by atomic mass is 10.0. The van der Waals surface area contributed by atoms with Gasteiger partial charge in [0, 0.05) is 49.4 Å². The Morgan fingerprint density at radius 1 is 1.00 bits per heavy atom. The molecule has 3 rings (SSSR count). The van der Waals surface area contributed by atoms with Crippen LogP contribution in [-0.4, -0.2) is 57.0 Å². The van der Waals surface area contributed by atoms with Crippen LogP contribution in [0, 0.1) is 0 Å². The van der Waals surface area contributed by atoms with E-state index < -0.39 is 10.0 Å². The molecule has 1 aromatic carbocycles. The van der Waals surface area contributed by atoms with Crippen molar-refractivity contribution in [3.63, 3.8) is 0 Å². The van der Waals surface area contributed by atoms with Crippen molar-refractivity contribution < 1.29 is 8.42 Å². The van der Waals surface area contributed by atoms with E-state index >= 15 is 0 Å². The van der Waals surface area contributed by atoms with Crippen LogP contribution in [-0.2, 0) is 10.0 Å². The SMILES string of the molecule is NS(=O)(=O)c1ccc(N2CCC(N3CCSCC3)CC2)cc1. The maximum absolute atomic E-state index is 11.3. The molecule has 0 amide bonds. The third kappa shape index (κ3) is 3.76. The zero-order valence-corrected chi connectivity index (χ0v) is 14.3. The minimum Gasteiger partial charge on any atom is -0.371 e. The molecular weight excluding hydrogens is 318 g/mol. The predicted octanol–water partition coefficient (Wildman–Crippen LogP) is 1.35. The molecule has 0 aliphatic carbocycles. The van der Waals surface area contributed by atoms with E-state index in [1.54, 1.807) is 12.1 Å². The van der Waals surface area contributed by atoms with E-state index in [1.165, 1.54) is 37.4 Å². The average Bonchev–Trinajstić information content (AvgIpc) is 2.55. The Kier molecular flexibility index (Phi) is 4.97. The molecule has 2 aliphatic rings. The van der Waals surface area contributed by atoms with Gasteiger partial charge >= 0.3 is 0 Å². The quantitative estimate of drug-likeness (QED) is 0.899. The van der Waals surface area contributed by atoms with Crippen molar-refractivity contribution in [1.29, 1.82) is 0 Å². The lowest BCUT2D eigenvalue weighted by molar-refractivity contribution is 0.186. The maximum atomic E-state index is 11.3. The Morgan fingerprint density at radius 2 is 1.59 bits per heavy atom. The topological polar surface area (TPSA) is 66.6 Å². The predicted molar refractivity (Wildman–Crippen MR) is 91.9 cm³/mol. The van der Waals surface area contributed by atoms with Crippen molar-refractivity contribution in [1.82, 2.24) is 4.90 Å². The second-order valence-corrected chi connectivity index (χ2v) is 8.69. The molecule has 122 valence electrons. The van der Waals surface area contributed by atoms with Crippen LogP contribution in [0.25, 0.3) is 0 Å². The average molecular weight is 342 g/mol. The van der Waals surface area contributed by atoms with Gasteiger partial charge in [0.15, 0.2) is 0 Å². The number of sulfonamides is 1. The summed E-state index contributed by atoms with van der Waals surface area (Å²) in [4.78, 5) is 5.15. The van der Waals surface area contributed by atoms with Crippen molar-refractivity contribution in [2.75, 3.05) is 42.6 Å². The van der Waals surface area contributed by atoms with E-state index in [1.807, 2.05) is 12.1 Å². The van der Waals surface area contributed by atoms with Crippen LogP contribution in [0.15, 0.2) is 29.2 Å². The van der Waals surface area contributed by atoms with E-state index in [0.717, 1.165) is 18.8 Å². The maximum Gasteiger partial charge on any atom is 0.238 e. The number of nitrogens with two attached hydrogens (primary N) is 1. The molecule has 0 aromatic heterocycles. The van der Waals surface area contributed by atoms with E-state index in [0.29, 0.717) is 6.04 Å². The van der Waals surface area contributed by atoms with Crippen molar-refractivity contribution in [2.24, 2.45) is 5.14 Å². The first-order valence-corrected chi connectivity index (χ1v) is 10.4. The number of primary sulfonamides is 1. The second-order valence-electron chi connectivity index (χ2n) is 5.91. The van der Waals surface area contributed by atoms with Gasteiger partial charge in [-0.3, -0.25) is 4.90 Å². The highest BCUT2D eigenvalue weighted by Gasteiger charge is 2.25. The fourth-order valence-corrected chi connectivity index (χ4v) is 4.73. The molecule has 2 fully saturated rings. The molecular formula is C15H23N3O2S2. The van der Waals surface area contributed by atoms with Gasteiger partial charge < -0.3 is 4.90 Å². The fraction of sp³-hybridized carbons (Fsp3) is 0.600. The van der Waals surface area contributed by atoms with Crippen molar-refractivity contribution in [2.45, 2.75) is 23.8 Å². The number of anilines is 1. The fourth-order valence-electron chi connectivity index (χ4n) is 3.28. The minimum absolute atomic E-state index is 0.178. The summed E-state index contributed by atoms with van der Waals surface area (Å²) in [7, 11) is -3.60. The molecule has 0 radical (unpaired) electrons. The molecule has 0 atom stereocenters. The van der Waals surface area contributed by atoms with Crippen LogP contribution in [0.3, 0.4) is 0 Å². The summed E-state index contributed by atoms with van der Waals surface area (Å²) < 4.78 is 22.6. The van der Waals surface area contributed by atoms with E-state index in [4.69, 9.17) is 5.14 Å². The number of benzene rings is 1. The first-order valence-electron chi connectivity index (χ1n) is 7.74. The highest BCUT2D eigenvalue weighted by atomic mass is 32.2. The molecule has 7 heteroatoms. The molecule has 2 N–H and O–H groups in total. The molecule has 2 heterocycles. The number of rotatable bonds is 3. The van der Waals surface area contributed by atoms with E-state index in [-0.39, 0.29) is 4.90 Å². The van der Waals surface area contributed by atoms with Crippen LogP contribution < -0.4 is 10.0 Å². The van der Waals surface area contributed by atoms with Crippen molar-refractivity contribution >= 4 is 27.5 Å². The van der Waals surface area contributed by atoms with Gasteiger partial charge in [0.1, 0.15) is 0 Å². The summed E-state index contributed by atoms with van der Waals surface area (Å²) in [5.74, 6) is 2.52. The molecule has 5 nitrogen and oxygen atoms in total. The third-order valence-electron chi connectivity index (χ3n) is 4.56. The largest absolute Gasteiger partial charge is 0.371 e. The summed E-state index contributed by atoms with van der Waals surface area (Å²) in [6.07, 6.45) is 2.36. The second kappa shape index (κ2) is 6.78. The monoisotopic (exact) mass is 341 g/mol. The summed E-state index contributed by atoms with van der Waals surface area (Å²) in [6, 6.07) is 7.62. The van der Waals surface area contributed by atoms with Gasteiger partial charge in [0.25, 0.3) is 0 Å². The third-order valence-corrected chi connectivity index (χ3v) is 6.43. The summed E-state index contributed by atoms with van der Waals surface area (Å²) in [5, 5.41) is 5.14. The first-order chi connectivity index (χ1) is 10.5. The van der Waals surface area contributed by atoms with E-state index in [2.05, 4.69) is 21.6 Å². The first kappa shape index (κ1) is 16.1. The van der Waals surface area contributed by atoms with Gasteiger partial charge in [0.05, 0.1) is 4.90 Å². The number of thioether (sulfide) groups is 1. The van der Waals surface area contributed by atoms with Gasteiger partial charge in [-0.25, -0.2) is 13.6 Å². The van der Waals surface area contributed by atoms with Gasteiger partial charge in [-0.1, -0.05) is 0 Å². The highest BCUT2D eigenvalue weighted by molar-refractivity contribution is 7.99. The standard InChI is InChI=1S/C15H23N3O2S2/c16-22(19,20)15-3-1-13(2-4-15)17-7-5-14(6-8-17)18-9-11-21-12-10-18/h1-4,14H,5-12H2,(H2,16,19,20). The minimum atomic E-state index is -3.60. The van der Waals surface area contributed by atoms with Crippen molar-refractivity contribution in [3.8, 4) is 0 Å². The lowest BCUT2D eigenvalue weighted by Crippen LogP contribution is -2.47. The Morgan fingerprint density at radius 3 is 2.14 bits per heavy atom. The molecule has 1 aromatic rings. The summed E-state index contributed by atoms with van der Waals surface area (Å²) >= 11 is 2.05.